The number of likely N-dealkylation sites (tertiary alicyclic amines) is 1. The number of aromatic nitrogens is 2. The van der Waals surface area contributed by atoms with E-state index in [-0.39, 0.29) is 6.61 Å². The third-order valence-electron chi connectivity index (χ3n) is 3.81. The minimum atomic E-state index is 0.262. The molecular formula is C15H26N4O. The Morgan fingerprint density at radius 2 is 2.25 bits per heavy atom. The number of anilines is 1. The molecule has 1 aliphatic rings. The van der Waals surface area contributed by atoms with E-state index >= 15 is 0 Å². The van der Waals surface area contributed by atoms with Gasteiger partial charge in [0.15, 0.2) is 0 Å². The molecule has 0 spiro atoms. The summed E-state index contributed by atoms with van der Waals surface area (Å²) in [7, 11) is 0. The Labute approximate surface area is 121 Å². The van der Waals surface area contributed by atoms with E-state index in [0.29, 0.717) is 6.04 Å². The SMILES string of the molecule is CCNc1cc(C)nc(CN2CCCCC2CCO)n1. The number of aliphatic hydroxyl groups is 1. The molecule has 1 fully saturated rings. The Morgan fingerprint density at radius 1 is 1.40 bits per heavy atom. The zero-order valence-corrected chi connectivity index (χ0v) is 12.6. The Morgan fingerprint density at radius 3 is 3.00 bits per heavy atom. The van der Waals surface area contributed by atoms with E-state index in [4.69, 9.17) is 0 Å². The maximum atomic E-state index is 9.19. The van der Waals surface area contributed by atoms with Crippen LogP contribution in [0.5, 0.6) is 0 Å². The molecular weight excluding hydrogens is 252 g/mol. The summed E-state index contributed by atoms with van der Waals surface area (Å²) < 4.78 is 0. The first-order valence-electron chi connectivity index (χ1n) is 7.66. The zero-order valence-electron chi connectivity index (χ0n) is 12.6. The van der Waals surface area contributed by atoms with Gasteiger partial charge in [0.2, 0.25) is 0 Å². The van der Waals surface area contributed by atoms with Gasteiger partial charge in [0, 0.05) is 31.0 Å². The third kappa shape index (κ3) is 4.15. The maximum absolute atomic E-state index is 9.19. The van der Waals surface area contributed by atoms with E-state index in [9.17, 15) is 5.11 Å². The van der Waals surface area contributed by atoms with Crippen LogP contribution in [-0.2, 0) is 6.54 Å². The highest BCUT2D eigenvalue weighted by atomic mass is 16.3. The number of hydrogen-bond acceptors (Lipinski definition) is 5. The van der Waals surface area contributed by atoms with Crippen LogP contribution in [0, 0.1) is 6.92 Å². The Balaban J connectivity index is 2.07. The first-order valence-corrected chi connectivity index (χ1v) is 7.66. The fraction of sp³-hybridized carbons (Fsp3) is 0.733. The zero-order chi connectivity index (χ0) is 14.4. The minimum absolute atomic E-state index is 0.262. The molecule has 2 heterocycles. The van der Waals surface area contributed by atoms with Gasteiger partial charge in [-0.2, -0.15) is 0 Å². The molecule has 1 saturated heterocycles. The van der Waals surface area contributed by atoms with Crippen LogP contribution in [0.15, 0.2) is 6.07 Å². The highest BCUT2D eigenvalue weighted by Gasteiger charge is 2.22. The molecule has 0 radical (unpaired) electrons. The number of rotatable bonds is 6. The second-order valence-corrected chi connectivity index (χ2v) is 5.47. The Kier molecular flexibility index (Phi) is 5.73. The molecule has 0 amide bonds. The van der Waals surface area contributed by atoms with Crippen molar-refractivity contribution in [1.82, 2.24) is 14.9 Å². The number of aliphatic hydroxyl groups excluding tert-OH is 1. The summed E-state index contributed by atoms with van der Waals surface area (Å²) in [5.41, 5.74) is 1.00. The van der Waals surface area contributed by atoms with Gasteiger partial charge in [0.1, 0.15) is 11.6 Å². The molecule has 1 aliphatic heterocycles. The number of nitrogens with zero attached hydrogens (tertiary/aromatic N) is 3. The predicted octanol–water partition coefficient (Wildman–Crippen LogP) is 1.95. The summed E-state index contributed by atoms with van der Waals surface area (Å²) in [6.07, 6.45) is 4.52. The van der Waals surface area contributed by atoms with E-state index in [1.807, 2.05) is 13.0 Å². The van der Waals surface area contributed by atoms with Crippen LogP contribution in [0.25, 0.3) is 0 Å². The van der Waals surface area contributed by atoms with Crippen molar-refractivity contribution < 1.29 is 5.11 Å². The highest BCUT2D eigenvalue weighted by molar-refractivity contribution is 5.35. The fourth-order valence-corrected chi connectivity index (χ4v) is 2.90. The summed E-state index contributed by atoms with van der Waals surface area (Å²) in [4.78, 5) is 11.6. The van der Waals surface area contributed by atoms with Crippen LogP contribution in [0.1, 0.15) is 44.1 Å². The van der Waals surface area contributed by atoms with E-state index in [1.54, 1.807) is 0 Å². The summed E-state index contributed by atoms with van der Waals surface area (Å²) in [6.45, 7) is 7.07. The first-order chi connectivity index (χ1) is 9.72. The maximum Gasteiger partial charge on any atom is 0.144 e. The minimum Gasteiger partial charge on any atom is -0.396 e. The van der Waals surface area contributed by atoms with Crippen molar-refractivity contribution in [2.75, 3.05) is 25.0 Å². The van der Waals surface area contributed by atoms with E-state index in [1.165, 1.54) is 19.3 Å². The van der Waals surface area contributed by atoms with Crippen LogP contribution in [0.4, 0.5) is 5.82 Å². The highest BCUT2D eigenvalue weighted by Crippen LogP contribution is 2.21. The summed E-state index contributed by atoms with van der Waals surface area (Å²) >= 11 is 0. The lowest BCUT2D eigenvalue weighted by Crippen LogP contribution is -2.39. The molecule has 5 heteroatoms. The van der Waals surface area contributed by atoms with Gasteiger partial charge in [-0.3, -0.25) is 4.90 Å². The van der Waals surface area contributed by atoms with Gasteiger partial charge >= 0.3 is 0 Å². The van der Waals surface area contributed by atoms with E-state index < -0.39 is 0 Å². The van der Waals surface area contributed by atoms with Crippen LogP contribution in [0.3, 0.4) is 0 Å². The fourth-order valence-electron chi connectivity index (χ4n) is 2.90. The first kappa shape index (κ1) is 15.2. The molecule has 2 N–H and O–H groups in total. The normalized spacial score (nSPS) is 20.1. The molecule has 2 rings (SSSR count). The number of nitrogens with one attached hydrogen (secondary N) is 1. The molecule has 1 atom stereocenters. The third-order valence-corrected chi connectivity index (χ3v) is 3.81. The van der Waals surface area contributed by atoms with Gasteiger partial charge < -0.3 is 10.4 Å². The van der Waals surface area contributed by atoms with Crippen molar-refractivity contribution in [2.24, 2.45) is 0 Å². The van der Waals surface area contributed by atoms with Gasteiger partial charge in [-0.15, -0.1) is 0 Å². The molecule has 1 aromatic rings. The number of aryl methyl sites for hydroxylation is 1. The molecule has 20 heavy (non-hydrogen) atoms. The molecule has 0 saturated carbocycles. The topological polar surface area (TPSA) is 61.3 Å². The molecule has 0 aromatic carbocycles. The largest absolute Gasteiger partial charge is 0.396 e. The van der Waals surface area contributed by atoms with Gasteiger partial charge in [-0.25, -0.2) is 9.97 Å². The molecule has 0 aliphatic carbocycles. The number of hydrogen-bond donors (Lipinski definition) is 2. The predicted molar refractivity (Wildman–Crippen MR) is 80.7 cm³/mol. The molecule has 5 nitrogen and oxygen atoms in total. The lowest BCUT2D eigenvalue weighted by atomic mass is 10.00. The van der Waals surface area contributed by atoms with Crippen LogP contribution in [-0.4, -0.2) is 45.7 Å². The van der Waals surface area contributed by atoms with Gasteiger partial charge in [-0.05, 0) is 39.7 Å². The van der Waals surface area contributed by atoms with Gasteiger partial charge in [-0.1, -0.05) is 6.42 Å². The van der Waals surface area contributed by atoms with Crippen LogP contribution in [0.2, 0.25) is 0 Å². The van der Waals surface area contributed by atoms with Gasteiger partial charge in [0.25, 0.3) is 0 Å². The Hall–Kier alpha value is -1.20. The quantitative estimate of drug-likeness (QED) is 0.833. The lowest BCUT2D eigenvalue weighted by Gasteiger charge is -2.35. The smallest absolute Gasteiger partial charge is 0.144 e. The van der Waals surface area contributed by atoms with Crippen molar-refractivity contribution in [2.45, 2.75) is 52.1 Å². The Bertz CT molecular complexity index is 422. The molecule has 112 valence electrons. The van der Waals surface area contributed by atoms with Crippen LogP contribution >= 0.6 is 0 Å². The average molecular weight is 278 g/mol. The van der Waals surface area contributed by atoms with Gasteiger partial charge in [0.05, 0.1) is 6.54 Å². The monoisotopic (exact) mass is 278 g/mol. The van der Waals surface area contributed by atoms with Crippen molar-refractivity contribution in [3.63, 3.8) is 0 Å². The van der Waals surface area contributed by atoms with Crippen molar-refractivity contribution in [3.8, 4) is 0 Å². The van der Waals surface area contributed by atoms with E-state index in [2.05, 4.69) is 27.1 Å². The van der Waals surface area contributed by atoms with Crippen molar-refractivity contribution in [3.05, 3.63) is 17.6 Å². The second kappa shape index (κ2) is 7.55. The standard InChI is InChI=1S/C15H26N4O/c1-3-16-14-10-12(2)17-15(18-14)11-19-8-5-4-6-13(19)7-9-20/h10,13,20H,3-9,11H2,1-2H3,(H,16,17,18). The second-order valence-electron chi connectivity index (χ2n) is 5.47. The summed E-state index contributed by atoms with van der Waals surface area (Å²) in [5, 5.41) is 12.4. The van der Waals surface area contributed by atoms with Crippen LogP contribution < -0.4 is 5.32 Å². The molecule has 0 bridgehead atoms. The lowest BCUT2D eigenvalue weighted by molar-refractivity contribution is 0.110. The molecule has 1 unspecified atom stereocenters. The molecule has 1 aromatic heterocycles. The van der Waals surface area contributed by atoms with Crippen molar-refractivity contribution in [1.29, 1.82) is 0 Å². The number of piperidine rings is 1. The summed E-state index contributed by atoms with van der Waals surface area (Å²) in [6, 6.07) is 2.45. The average Bonchev–Trinajstić information content (AvgIpc) is 2.41. The van der Waals surface area contributed by atoms with E-state index in [0.717, 1.165) is 43.4 Å². The van der Waals surface area contributed by atoms with Crippen molar-refractivity contribution >= 4 is 5.82 Å². The summed E-state index contributed by atoms with van der Waals surface area (Å²) in [5.74, 6) is 1.79.